The van der Waals surface area contributed by atoms with E-state index in [2.05, 4.69) is 25.9 Å². The Morgan fingerprint density at radius 1 is 1.13 bits per heavy atom. The van der Waals surface area contributed by atoms with Crippen LogP contribution in [0.3, 0.4) is 0 Å². The zero-order chi connectivity index (χ0) is 22.1. The maximum absolute atomic E-state index is 12.4. The number of benzene rings is 1. The van der Waals surface area contributed by atoms with Crippen LogP contribution in [0.5, 0.6) is 5.75 Å². The van der Waals surface area contributed by atoms with Crippen molar-refractivity contribution in [2.75, 3.05) is 11.9 Å². The topological polar surface area (TPSA) is 142 Å². The lowest BCUT2D eigenvalue weighted by atomic mass is 10.0. The average Bonchev–Trinajstić information content (AvgIpc) is 3.19. The molecule has 0 aliphatic carbocycles. The molecule has 0 aliphatic heterocycles. The van der Waals surface area contributed by atoms with Crippen LogP contribution in [0.25, 0.3) is 0 Å². The van der Waals surface area contributed by atoms with E-state index in [-0.39, 0.29) is 24.6 Å². The van der Waals surface area contributed by atoms with Gasteiger partial charge in [0.1, 0.15) is 18.1 Å². The number of anilines is 1. The summed E-state index contributed by atoms with van der Waals surface area (Å²) >= 11 is 0. The first kappa shape index (κ1) is 21.8. The maximum Gasteiger partial charge on any atom is 0.305 e. The van der Waals surface area contributed by atoms with Gasteiger partial charge in [0, 0.05) is 18.9 Å². The number of rotatable bonds is 11. The van der Waals surface area contributed by atoms with E-state index in [9.17, 15) is 14.7 Å². The summed E-state index contributed by atoms with van der Waals surface area (Å²) in [7, 11) is 0. The van der Waals surface area contributed by atoms with Gasteiger partial charge in [-0.15, -0.1) is 5.10 Å². The Bertz CT molecular complexity index is 991. The Morgan fingerprint density at radius 3 is 2.65 bits per heavy atom. The van der Waals surface area contributed by atoms with Gasteiger partial charge >= 0.3 is 5.97 Å². The van der Waals surface area contributed by atoms with Crippen molar-refractivity contribution < 1.29 is 19.8 Å². The number of phenolic OH excluding ortho intramolecular Hbond substituents is 1. The number of nitrogens with zero attached hydrogens (tertiary/aromatic N) is 4. The van der Waals surface area contributed by atoms with Gasteiger partial charge in [0.2, 0.25) is 5.91 Å². The first-order chi connectivity index (χ1) is 15.0. The van der Waals surface area contributed by atoms with E-state index in [4.69, 9.17) is 5.11 Å². The number of amides is 1. The van der Waals surface area contributed by atoms with Crippen LogP contribution in [-0.4, -0.2) is 48.6 Å². The molecule has 0 bridgehead atoms. The van der Waals surface area contributed by atoms with Crippen LogP contribution in [0.2, 0.25) is 0 Å². The number of carbonyl (C=O) groups excluding carboxylic acids is 1. The lowest BCUT2D eigenvalue weighted by molar-refractivity contribution is -0.137. The van der Waals surface area contributed by atoms with Crippen molar-refractivity contribution >= 4 is 17.7 Å². The molecule has 1 aromatic carbocycles. The minimum atomic E-state index is -1.04. The molecule has 3 rings (SSSR count). The highest BCUT2D eigenvalue weighted by Gasteiger charge is 2.18. The van der Waals surface area contributed by atoms with Crippen LogP contribution in [0.4, 0.5) is 5.82 Å². The second kappa shape index (κ2) is 10.7. The number of hydrogen-bond acceptors (Lipinski definition) is 7. The van der Waals surface area contributed by atoms with Crippen molar-refractivity contribution in [1.82, 2.24) is 25.3 Å². The average molecular weight is 424 g/mol. The molecule has 1 atom stereocenters. The zero-order valence-corrected chi connectivity index (χ0v) is 16.8. The van der Waals surface area contributed by atoms with Crippen LogP contribution < -0.4 is 10.6 Å². The SMILES string of the molecule is O=C(O)C[C@H](NC(=O)Cn1cc(CCCNc2ccccn2)nn1)c1ccc(O)cc1. The summed E-state index contributed by atoms with van der Waals surface area (Å²) in [6.45, 7) is 0.654. The van der Waals surface area contributed by atoms with Gasteiger partial charge in [0.05, 0.1) is 18.2 Å². The van der Waals surface area contributed by atoms with Crippen LogP contribution in [0.1, 0.15) is 30.1 Å². The minimum Gasteiger partial charge on any atom is -0.508 e. The Hall–Kier alpha value is -3.95. The van der Waals surface area contributed by atoms with Crippen molar-refractivity contribution in [1.29, 1.82) is 0 Å². The third-order valence-electron chi connectivity index (χ3n) is 4.48. The normalized spacial score (nSPS) is 11.6. The fourth-order valence-electron chi connectivity index (χ4n) is 3.00. The predicted octanol–water partition coefficient (Wildman–Crippen LogP) is 1.76. The summed E-state index contributed by atoms with van der Waals surface area (Å²) in [6, 6.07) is 11.0. The predicted molar refractivity (Wildman–Crippen MR) is 112 cm³/mol. The van der Waals surface area contributed by atoms with E-state index >= 15 is 0 Å². The van der Waals surface area contributed by atoms with E-state index in [1.54, 1.807) is 24.5 Å². The number of aliphatic carboxylic acids is 1. The van der Waals surface area contributed by atoms with Crippen molar-refractivity contribution in [2.45, 2.75) is 31.8 Å². The number of carbonyl (C=O) groups is 2. The number of nitrogens with one attached hydrogen (secondary N) is 2. The molecule has 162 valence electrons. The molecular formula is C21H24N6O4. The molecule has 1 amide bonds. The molecule has 0 saturated heterocycles. The molecule has 0 aliphatic rings. The second-order valence-corrected chi connectivity index (χ2v) is 6.96. The Labute approximate surface area is 178 Å². The lowest BCUT2D eigenvalue weighted by Crippen LogP contribution is -2.33. The van der Waals surface area contributed by atoms with Gasteiger partial charge in [0.15, 0.2) is 0 Å². The molecule has 2 aromatic heterocycles. The van der Waals surface area contributed by atoms with Gasteiger partial charge in [-0.05, 0) is 42.7 Å². The van der Waals surface area contributed by atoms with Crippen molar-refractivity contribution in [2.24, 2.45) is 0 Å². The van der Waals surface area contributed by atoms with Gasteiger partial charge in [-0.25, -0.2) is 9.67 Å². The maximum atomic E-state index is 12.4. The zero-order valence-electron chi connectivity index (χ0n) is 16.8. The van der Waals surface area contributed by atoms with Crippen LogP contribution in [0, 0.1) is 0 Å². The molecule has 0 saturated carbocycles. The summed E-state index contributed by atoms with van der Waals surface area (Å²) in [5.74, 6) is -0.546. The van der Waals surface area contributed by atoms with Gasteiger partial charge in [-0.3, -0.25) is 9.59 Å². The van der Waals surface area contributed by atoms with Gasteiger partial charge in [0.25, 0.3) is 0 Å². The first-order valence-corrected chi connectivity index (χ1v) is 9.83. The van der Waals surface area contributed by atoms with Crippen LogP contribution >= 0.6 is 0 Å². The highest BCUT2D eigenvalue weighted by molar-refractivity contribution is 5.77. The van der Waals surface area contributed by atoms with Gasteiger partial charge in [-0.2, -0.15) is 0 Å². The van der Waals surface area contributed by atoms with Crippen molar-refractivity contribution in [3.8, 4) is 5.75 Å². The van der Waals surface area contributed by atoms with Gasteiger partial charge in [-0.1, -0.05) is 23.4 Å². The smallest absolute Gasteiger partial charge is 0.305 e. The number of carboxylic acids is 1. The van der Waals surface area contributed by atoms with E-state index in [0.29, 0.717) is 12.0 Å². The largest absolute Gasteiger partial charge is 0.508 e. The molecule has 0 fully saturated rings. The number of aryl methyl sites for hydroxylation is 1. The first-order valence-electron chi connectivity index (χ1n) is 9.83. The van der Waals surface area contributed by atoms with E-state index in [1.807, 2.05) is 18.2 Å². The third-order valence-corrected chi connectivity index (χ3v) is 4.48. The fraction of sp³-hybridized carbons (Fsp3) is 0.286. The Kier molecular flexibility index (Phi) is 7.52. The monoisotopic (exact) mass is 424 g/mol. The standard InChI is InChI=1S/C21H24N6O4/c28-17-8-6-15(7-9-17)18(12-21(30)31)24-20(29)14-27-13-16(25-26-27)4-3-11-23-19-5-1-2-10-22-19/h1-2,5-10,13,18,28H,3-4,11-12,14H2,(H,22,23)(H,24,29)(H,30,31)/t18-/m0/s1. The van der Waals surface area contributed by atoms with E-state index < -0.39 is 12.0 Å². The highest BCUT2D eigenvalue weighted by Crippen LogP contribution is 2.20. The summed E-state index contributed by atoms with van der Waals surface area (Å²) in [6.07, 6.45) is 4.66. The number of hydrogen-bond donors (Lipinski definition) is 4. The molecule has 0 radical (unpaired) electrons. The molecule has 2 heterocycles. The quantitative estimate of drug-likeness (QED) is 0.341. The van der Waals surface area contributed by atoms with Crippen molar-refractivity contribution in [3.05, 3.63) is 66.1 Å². The minimum absolute atomic E-state index is 0.0644. The number of aromatic hydroxyl groups is 1. The molecular weight excluding hydrogens is 400 g/mol. The molecule has 3 aromatic rings. The van der Waals surface area contributed by atoms with Gasteiger partial charge < -0.3 is 20.8 Å². The number of pyridine rings is 1. The van der Waals surface area contributed by atoms with Crippen molar-refractivity contribution in [3.63, 3.8) is 0 Å². The summed E-state index contributed by atoms with van der Waals surface area (Å²) in [5.41, 5.74) is 1.35. The van der Waals surface area contributed by atoms with Crippen LogP contribution in [0.15, 0.2) is 54.9 Å². The molecule has 10 nitrogen and oxygen atoms in total. The third kappa shape index (κ3) is 7.11. The number of carboxylic acid groups (broad SMARTS) is 1. The molecule has 4 N–H and O–H groups in total. The fourth-order valence-corrected chi connectivity index (χ4v) is 3.00. The number of phenols is 1. The van der Waals surface area contributed by atoms with E-state index in [0.717, 1.165) is 24.5 Å². The molecule has 31 heavy (non-hydrogen) atoms. The lowest BCUT2D eigenvalue weighted by Gasteiger charge is -2.17. The second-order valence-electron chi connectivity index (χ2n) is 6.96. The molecule has 10 heteroatoms. The number of aromatic nitrogens is 4. The Morgan fingerprint density at radius 2 is 1.94 bits per heavy atom. The summed E-state index contributed by atoms with van der Waals surface area (Å²) < 4.78 is 1.42. The Balaban J connectivity index is 1.48. The summed E-state index contributed by atoms with van der Waals surface area (Å²) in [4.78, 5) is 27.8. The van der Waals surface area contributed by atoms with E-state index in [1.165, 1.54) is 16.8 Å². The van der Waals surface area contributed by atoms with Crippen LogP contribution in [-0.2, 0) is 22.6 Å². The highest BCUT2D eigenvalue weighted by atomic mass is 16.4. The molecule has 0 unspecified atom stereocenters. The summed E-state index contributed by atoms with van der Waals surface area (Å²) in [5, 5.41) is 32.5. The molecule has 0 spiro atoms.